The Hall–Kier alpha value is -3.07. The quantitative estimate of drug-likeness (QED) is 0.506. The Bertz CT molecular complexity index is 1220. The number of benzene rings is 3. The van der Waals surface area contributed by atoms with Crippen LogP contribution in [-0.2, 0) is 14.8 Å². The van der Waals surface area contributed by atoms with Crippen molar-refractivity contribution in [3.05, 3.63) is 77.3 Å². The number of sulfonamides is 1. The Morgan fingerprint density at radius 1 is 1.00 bits per heavy atom. The molecule has 0 saturated carbocycles. The number of carbonyl (C=O) groups excluding carboxylic acids is 1. The molecule has 166 valence electrons. The minimum atomic E-state index is -3.94. The maximum Gasteiger partial charge on any atom is 0.340 e. The lowest BCUT2D eigenvalue weighted by atomic mass is 10.1. The summed E-state index contributed by atoms with van der Waals surface area (Å²) in [6.07, 6.45) is 0.0159. The highest BCUT2D eigenvalue weighted by molar-refractivity contribution is 7.92. The van der Waals surface area contributed by atoms with E-state index in [4.69, 9.17) is 21.1 Å². The lowest BCUT2D eigenvalue weighted by Crippen LogP contribution is -2.50. The van der Waals surface area contributed by atoms with Crippen molar-refractivity contribution in [2.45, 2.75) is 11.0 Å². The molecule has 7 nitrogen and oxygen atoms in total. The van der Waals surface area contributed by atoms with Crippen LogP contribution in [0.2, 0.25) is 5.02 Å². The van der Waals surface area contributed by atoms with Crippen LogP contribution in [0.4, 0.5) is 5.69 Å². The number of esters is 1. The fraction of sp³-hybridized carbons (Fsp3) is 0.174. The summed E-state index contributed by atoms with van der Waals surface area (Å²) in [7, 11) is -2.71. The maximum absolute atomic E-state index is 13.0. The number of hydrogen-bond donors (Lipinski definition) is 2. The van der Waals surface area contributed by atoms with Crippen molar-refractivity contribution in [1.29, 1.82) is 0 Å². The zero-order chi connectivity index (χ0) is 22.7. The molecule has 0 amide bonds. The van der Waals surface area contributed by atoms with Gasteiger partial charge < -0.3 is 14.8 Å². The van der Waals surface area contributed by atoms with Gasteiger partial charge in [-0.3, -0.25) is 4.72 Å². The first-order valence-corrected chi connectivity index (χ1v) is 11.7. The molecular weight excluding hydrogens is 452 g/mol. The minimum absolute atomic E-state index is 0.0159. The van der Waals surface area contributed by atoms with E-state index in [1.54, 1.807) is 30.3 Å². The summed E-state index contributed by atoms with van der Waals surface area (Å²) < 4.78 is 39.0. The second-order valence-corrected chi connectivity index (χ2v) is 9.35. The van der Waals surface area contributed by atoms with Crippen LogP contribution in [0.15, 0.2) is 71.6 Å². The number of methoxy groups -OCH3 is 1. The molecule has 2 N–H and O–H groups in total. The van der Waals surface area contributed by atoms with E-state index in [0.717, 1.165) is 11.1 Å². The van der Waals surface area contributed by atoms with Crippen LogP contribution in [0.3, 0.4) is 0 Å². The van der Waals surface area contributed by atoms with Crippen molar-refractivity contribution < 1.29 is 22.7 Å². The molecule has 1 aliphatic heterocycles. The molecule has 0 unspecified atom stereocenters. The van der Waals surface area contributed by atoms with Crippen LogP contribution in [0.1, 0.15) is 10.4 Å². The maximum atomic E-state index is 13.0. The van der Waals surface area contributed by atoms with Crippen LogP contribution < -0.4 is 14.8 Å². The van der Waals surface area contributed by atoms with Crippen LogP contribution in [0.25, 0.3) is 11.1 Å². The molecule has 0 atom stereocenters. The Kier molecular flexibility index (Phi) is 6.36. The van der Waals surface area contributed by atoms with Gasteiger partial charge in [-0.1, -0.05) is 35.9 Å². The Morgan fingerprint density at radius 2 is 1.62 bits per heavy atom. The fourth-order valence-corrected chi connectivity index (χ4v) is 4.38. The minimum Gasteiger partial charge on any atom is -0.488 e. The lowest BCUT2D eigenvalue weighted by molar-refractivity contribution is 0.0600. The first-order chi connectivity index (χ1) is 15.4. The molecule has 32 heavy (non-hydrogen) atoms. The highest BCUT2D eigenvalue weighted by Gasteiger charge is 2.22. The van der Waals surface area contributed by atoms with Gasteiger partial charge in [0, 0.05) is 18.1 Å². The molecule has 0 bridgehead atoms. The van der Waals surface area contributed by atoms with Crippen LogP contribution in [-0.4, -0.2) is 40.7 Å². The average Bonchev–Trinajstić information content (AvgIpc) is 2.77. The van der Waals surface area contributed by atoms with Crippen molar-refractivity contribution in [1.82, 2.24) is 5.32 Å². The summed E-state index contributed by atoms with van der Waals surface area (Å²) in [6, 6.07) is 18.3. The molecule has 4 rings (SSSR count). The zero-order valence-corrected chi connectivity index (χ0v) is 18.7. The second-order valence-electron chi connectivity index (χ2n) is 7.23. The zero-order valence-electron chi connectivity index (χ0n) is 17.2. The van der Waals surface area contributed by atoms with E-state index in [9.17, 15) is 13.2 Å². The number of hydrogen-bond acceptors (Lipinski definition) is 6. The molecule has 9 heteroatoms. The molecule has 0 spiro atoms. The summed E-state index contributed by atoms with van der Waals surface area (Å²) >= 11 is 5.92. The summed E-state index contributed by atoms with van der Waals surface area (Å²) in [6.45, 7) is 1.43. The number of carbonyl (C=O) groups is 1. The van der Waals surface area contributed by atoms with Gasteiger partial charge in [0.05, 0.1) is 23.3 Å². The van der Waals surface area contributed by atoms with E-state index in [0.29, 0.717) is 23.9 Å². The van der Waals surface area contributed by atoms with Gasteiger partial charge in [0.2, 0.25) is 0 Å². The first kappa shape index (κ1) is 22.1. The molecule has 0 aliphatic carbocycles. The molecule has 1 heterocycles. The third kappa shape index (κ3) is 4.88. The fourth-order valence-electron chi connectivity index (χ4n) is 3.18. The largest absolute Gasteiger partial charge is 0.488 e. The van der Waals surface area contributed by atoms with Crippen molar-refractivity contribution in [2.75, 3.05) is 24.9 Å². The van der Waals surface area contributed by atoms with Gasteiger partial charge in [-0.05, 0) is 53.6 Å². The number of nitrogens with one attached hydrogen (secondary N) is 2. The highest BCUT2D eigenvalue weighted by atomic mass is 35.5. The van der Waals surface area contributed by atoms with E-state index in [-0.39, 0.29) is 22.3 Å². The third-order valence-corrected chi connectivity index (χ3v) is 6.66. The second kappa shape index (κ2) is 9.20. The monoisotopic (exact) mass is 472 g/mol. The van der Waals surface area contributed by atoms with Gasteiger partial charge in [0.1, 0.15) is 11.9 Å². The van der Waals surface area contributed by atoms with Crippen LogP contribution in [0.5, 0.6) is 5.75 Å². The van der Waals surface area contributed by atoms with E-state index in [1.165, 1.54) is 31.4 Å². The topological polar surface area (TPSA) is 93.7 Å². The smallest absolute Gasteiger partial charge is 0.340 e. The standard InChI is InChI=1S/C23H21ClN2O5S/c1-30-23(27)21-12-18(31-19-13-25-14-19)8-11-22(21)26-32(28,29)20-9-4-16(5-10-20)15-2-6-17(24)7-3-15/h2-12,19,25-26H,13-14H2,1H3. The van der Waals surface area contributed by atoms with Gasteiger partial charge in [-0.2, -0.15) is 0 Å². The molecule has 0 aromatic heterocycles. The summed E-state index contributed by atoms with van der Waals surface area (Å²) in [5.74, 6) is -0.204. The van der Waals surface area contributed by atoms with Crippen LogP contribution >= 0.6 is 11.6 Å². The molecule has 0 radical (unpaired) electrons. The van der Waals surface area contributed by atoms with E-state index in [2.05, 4.69) is 10.0 Å². The average molecular weight is 473 g/mol. The van der Waals surface area contributed by atoms with Crippen molar-refractivity contribution >= 4 is 33.3 Å². The van der Waals surface area contributed by atoms with Gasteiger partial charge in [-0.25, -0.2) is 13.2 Å². The van der Waals surface area contributed by atoms with E-state index < -0.39 is 16.0 Å². The summed E-state index contributed by atoms with van der Waals surface area (Å²) in [5, 5.41) is 3.72. The van der Waals surface area contributed by atoms with Gasteiger partial charge >= 0.3 is 5.97 Å². The Morgan fingerprint density at radius 3 is 2.19 bits per heavy atom. The molecule has 1 aliphatic rings. The predicted molar refractivity (Wildman–Crippen MR) is 123 cm³/mol. The van der Waals surface area contributed by atoms with Gasteiger partial charge in [-0.15, -0.1) is 0 Å². The summed E-state index contributed by atoms with van der Waals surface area (Å²) in [4.78, 5) is 12.3. The van der Waals surface area contributed by atoms with Crippen molar-refractivity contribution in [3.63, 3.8) is 0 Å². The van der Waals surface area contributed by atoms with Gasteiger partial charge in [0.15, 0.2) is 0 Å². The van der Waals surface area contributed by atoms with E-state index >= 15 is 0 Å². The van der Waals surface area contributed by atoms with Crippen molar-refractivity contribution in [2.24, 2.45) is 0 Å². The SMILES string of the molecule is COC(=O)c1cc(OC2CNC2)ccc1NS(=O)(=O)c1ccc(-c2ccc(Cl)cc2)cc1. The number of rotatable bonds is 7. The molecule has 3 aromatic rings. The van der Waals surface area contributed by atoms with Crippen LogP contribution in [0, 0.1) is 0 Å². The lowest BCUT2D eigenvalue weighted by Gasteiger charge is -2.28. The van der Waals surface area contributed by atoms with E-state index in [1.807, 2.05) is 12.1 Å². The predicted octanol–water partition coefficient (Wildman–Crippen LogP) is 3.95. The molecule has 1 saturated heterocycles. The third-order valence-electron chi connectivity index (χ3n) is 5.03. The number of halogens is 1. The highest BCUT2D eigenvalue weighted by Crippen LogP contribution is 2.28. The van der Waals surface area contributed by atoms with Crippen molar-refractivity contribution in [3.8, 4) is 16.9 Å². The number of ether oxygens (including phenoxy) is 2. The first-order valence-electron chi connectivity index (χ1n) is 9.84. The molecular formula is C23H21ClN2O5S. The Labute approximate surface area is 191 Å². The normalized spacial score (nSPS) is 13.8. The molecule has 1 fully saturated rings. The summed E-state index contributed by atoms with van der Waals surface area (Å²) in [5.41, 5.74) is 1.94. The Balaban J connectivity index is 1.57. The number of anilines is 1. The molecule has 3 aromatic carbocycles. The van der Waals surface area contributed by atoms with Gasteiger partial charge in [0.25, 0.3) is 10.0 Å².